The molecule has 2 saturated heterocycles. The summed E-state index contributed by atoms with van der Waals surface area (Å²) in [5.74, 6) is -0.276. The Morgan fingerprint density at radius 3 is 2.73 bits per heavy atom. The maximum absolute atomic E-state index is 14.9. The highest BCUT2D eigenvalue weighted by atomic mass is 35.5. The van der Waals surface area contributed by atoms with Crippen molar-refractivity contribution in [2.24, 2.45) is 0 Å². The van der Waals surface area contributed by atoms with Crippen LogP contribution in [0, 0.1) is 5.82 Å². The van der Waals surface area contributed by atoms with Gasteiger partial charge < -0.3 is 24.8 Å². The number of carbonyl (C=O) groups is 2. The van der Waals surface area contributed by atoms with Crippen molar-refractivity contribution in [2.45, 2.75) is 37.9 Å². The molecule has 2 atom stereocenters. The molecule has 2 amide bonds. The summed E-state index contributed by atoms with van der Waals surface area (Å²) in [6.45, 7) is 9.58. The third kappa shape index (κ3) is 4.34. The van der Waals surface area contributed by atoms with E-state index in [1.807, 2.05) is 7.05 Å². The second-order valence-electron chi connectivity index (χ2n) is 10.3. The van der Waals surface area contributed by atoms with Crippen molar-refractivity contribution in [3.05, 3.63) is 53.3 Å². The Balaban J connectivity index is 1.67. The first-order chi connectivity index (χ1) is 17.7. The van der Waals surface area contributed by atoms with E-state index in [0.717, 1.165) is 6.42 Å². The van der Waals surface area contributed by atoms with E-state index in [9.17, 15) is 14.0 Å². The molecular weight excluding hydrogens is 497 g/mol. The number of piperazine rings is 1. The Bertz CT molecular complexity index is 1270. The Morgan fingerprint density at radius 2 is 2.05 bits per heavy atom. The minimum absolute atomic E-state index is 0.0956. The minimum atomic E-state index is -0.465. The lowest BCUT2D eigenvalue weighted by molar-refractivity contribution is -0.128. The van der Waals surface area contributed by atoms with Crippen LogP contribution in [0.2, 0.25) is 5.02 Å². The molecule has 5 rings (SSSR count). The lowest BCUT2D eigenvalue weighted by Gasteiger charge is -2.40. The van der Waals surface area contributed by atoms with Gasteiger partial charge in [-0.05, 0) is 45.5 Å². The van der Waals surface area contributed by atoms with Crippen LogP contribution < -0.4 is 15.0 Å². The van der Waals surface area contributed by atoms with E-state index in [1.54, 1.807) is 28.0 Å². The summed E-state index contributed by atoms with van der Waals surface area (Å²) in [5, 5.41) is 3.42. The number of rotatable bonds is 4. The van der Waals surface area contributed by atoms with Crippen molar-refractivity contribution in [3.8, 4) is 17.0 Å². The van der Waals surface area contributed by atoms with Crippen LogP contribution in [0.15, 0.2) is 36.9 Å². The highest BCUT2D eigenvalue weighted by molar-refractivity contribution is 6.35. The zero-order chi connectivity index (χ0) is 26.5. The lowest BCUT2D eigenvalue weighted by Crippen LogP contribution is -2.57. The average Bonchev–Trinajstić information content (AvgIpc) is 3.12. The monoisotopic (exact) mass is 527 g/mol. The van der Waals surface area contributed by atoms with Gasteiger partial charge in [-0.2, -0.15) is 0 Å². The largest absolute Gasteiger partial charge is 0.489 e. The van der Waals surface area contributed by atoms with Crippen LogP contribution in [0.3, 0.4) is 0 Å². The number of carbonyl (C=O) groups excluding carboxylic acids is 2. The number of fused-ring (bicyclic) bond motifs is 2. The van der Waals surface area contributed by atoms with Crippen molar-refractivity contribution in [2.75, 3.05) is 44.7 Å². The van der Waals surface area contributed by atoms with Crippen LogP contribution in [0.1, 0.15) is 30.6 Å². The quantitative estimate of drug-likeness (QED) is 0.614. The molecule has 196 valence electrons. The number of nitrogens with one attached hydrogen (secondary N) is 1. The van der Waals surface area contributed by atoms with E-state index in [4.69, 9.17) is 21.3 Å². The lowest BCUT2D eigenvalue weighted by atomic mass is 9.99. The Kier molecular flexibility index (Phi) is 6.62. The van der Waals surface area contributed by atoms with Crippen LogP contribution in [0.5, 0.6) is 5.75 Å². The first-order valence-corrected chi connectivity index (χ1v) is 12.8. The predicted molar refractivity (Wildman–Crippen MR) is 141 cm³/mol. The molecule has 0 bridgehead atoms. The summed E-state index contributed by atoms with van der Waals surface area (Å²) in [4.78, 5) is 36.7. The maximum Gasteiger partial charge on any atom is 0.261 e. The third-order valence-corrected chi connectivity index (χ3v) is 7.96. The second-order valence-corrected chi connectivity index (χ2v) is 10.7. The second kappa shape index (κ2) is 9.61. The van der Waals surface area contributed by atoms with Gasteiger partial charge in [-0.3, -0.25) is 9.59 Å². The van der Waals surface area contributed by atoms with Crippen molar-refractivity contribution in [3.63, 3.8) is 0 Å². The highest BCUT2D eigenvalue weighted by Gasteiger charge is 2.45. The molecule has 1 aromatic carbocycles. The highest BCUT2D eigenvalue weighted by Crippen LogP contribution is 2.46. The van der Waals surface area contributed by atoms with Gasteiger partial charge in [0.25, 0.3) is 5.91 Å². The van der Waals surface area contributed by atoms with Crippen molar-refractivity contribution < 1.29 is 18.7 Å². The SMILES string of the molecule is C=CC(=O)N1CCN2C(=O)c3c(N4C[C@@H](NC)CC4(C)C)nc(-c4ccccc4F)c(Cl)c3OC[C@H]2C1. The van der Waals surface area contributed by atoms with E-state index < -0.39 is 5.82 Å². The minimum Gasteiger partial charge on any atom is -0.489 e. The number of aromatic nitrogens is 1. The summed E-state index contributed by atoms with van der Waals surface area (Å²) in [6, 6.07) is 6.11. The van der Waals surface area contributed by atoms with Crippen molar-refractivity contribution in [1.82, 2.24) is 20.1 Å². The van der Waals surface area contributed by atoms with Crippen LogP contribution in [0.4, 0.5) is 10.2 Å². The summed E-state index contributed by atoms with van der Waals surface area (Å²) < 4.78 is 21.2. The van der Waals surface area contributed by atoms with E-state index in [2.05, 4.69) is 30.6 Å². The molecule has 0 spiro atoms. The molecule has 37 heavy (non-hydrogen) atoms. The normalized spacial score (nSPS) is 22.7. The Labute approximate surface area is 221 Å². The summed E-state index contributed by atoms with van der Waals surface area (Å²) in [7, 11) is 1.91. The molecule has 0 unspecified atom stereocenters. The smallest absolute Gasteiger partial charge is 0.261 e. The van der Waals surface area contributed by atoms with Gasteiger partial charge in [-0.25, -0.2) is 9.37 Å². The summed E-state index contributed by atoms with van der Waals surface area (Å²) in [6.07, 6.45) is 2.11. The fourth-order valence-electron chi connectivity index (χ4n) is 5.61. The number of ether oxygens (including phenoxy) is 1. The van der Waals surface area contributed by atoms with Gasteiger partial charge in [0.1, 0.15) is 28.8 Å². The van der Waals surface area contributed by atoms with Gasteiger partial charge in [0, 0.05) is 43.3 Å². The van der Waals surface area contributed by atoms with Gasteiger partial charge in [-0.15, -0.1) is 0 Å². The zero-order valence-electron chi connectivity index (χ0n) is 21.3. The zero-order valence-corrected chi connectivity index (χ0v) is 22.0. The van der Waals surface area contributed by atoms with Gasteiger partial charge in [0.05, 0.1) is 11.7 Å². The van der Waals surface area contributed by atoms with Crippen molar-refractivity contribution in [1.29, 1.82) is 0 Å². The van der Waals surface area contributed by atoms with Gasteiger partial charge in [0.15, 0.2) is 5.75 Å². The number of amides is 2. The molecule has 3 aliphatic rings. The molecule has 0 radical (unpaired) electrons. The summed E-state index contributed by atoms with van der Waals surface area (Å²) in [5.41, 5.74) is 0.407. The topological polar surface area (TPSA) is 78.0 Å². The molecule has 1 aromatic heterocycles. The predicted octanol–water partition coefficient (Wildman–Crippen LogP) is 3.35. The molecular formula is C27H31ClFN5O3. The molecule has 0 saturated carbocycles. The molecule has 2 aromatic rings. The number of benzene rings is 1. The molecule has 10 heteroatoms. The first kappa shape index (κ1) is 25.5. The first-order valence-electron chi connectivity index (χ1n) is 12.4. The number of hydrogen-bond donors (Lipinski definition) is 1. The fourth-order valence-corrected chi connectivity index (χ4v) is 5.91. The Hall–Kier alpha value is -3.17. The molecule has 2 fully saturated rings. The van der Waals surface area contributed by atoms with Gasteiger partial charge in [0.2, 0.25) is 5.91 Å². The third-order valence-electron chi connectivity index (χ3n) is 7.61. The van der Waals surface area contributed by atoms with Crippen LogP contribution >= 0.6 is 11.6 Å². The summed E-state index contributed by atoms with van der Waals surface area (Å²) >= 11 is 6.84. The van der Waals surface area contributed by atoms with E-state index in [1.165, 1.54) is 12.1 Å². The molecule has 1 N–H and O–H groups in total. The van der Waals surface area contributed by atoms with Crippen LogP contribution in [0.25, 0.3) is 11.3 Å². The number of halogens is 2. The van der Waals surface area contributed by atoms with Gasteiger partial charge >= 0.3 is 0 Å². The molecule has 0 aliphatic carbocycles. The molecule has 3 aliphatic heterocycles. The Morgan fingerprint density at radius 1 is 1.30 bits per heavy atom. The standard InChI is InChI=1S/C27H31ClFN5O3/c1-5-20(35)32-10-11-33-17(14-32)15-37-24-21(26(33)36)25(34-13-16(30-4)12-27(34,2)3)31-23(22(24)28)18-8-6-7-9-19(18)29/h5-9,16-17,30H,1,10-15H2,2-4H3/t16-,17+/m0/s1. The number of anilines is 1. The van der Waals surface area contributed by atoms with E-state index >= 15 is 0 Å². The number of hydrogen-bond acceptors (Lipinski definition) is 6. The number of likely N-dealkylation sites (N-methyl/N-ethyl adjacent to an activating group) is 1. The molecule has 8 nitrogen and oxygen atoms in total. The van der Waals surface area contributed by atoms with Gasteiger partial charge in [-0.1, -0.05) is 30.3 Å². The van der Waals surface area contributed by atoms with Crippen LogP contribution in [-0.4, -0.2) is 84.1 Å². The van der Waals surface area contributed by atoms with E-state index in [0.29, 0.717) is 32.0 Å². The maximum atomic E-state index is 14.9. The van der Waals surface area contributed by atoms with Crippen LogP contribution in [-0.2, 0) is 4.79 Å². The number of nitrogens with zero attached hydrogens (tertiary/aromatic N) is 4. The van der Waals surface area contributed by atoms with Crippen molar-refractivity contribution >= 4 is 29.2 Å². The fraction of sp³-hybridized carbons (Fsp3) is 0.444. The molecule has 4 heterocycles. The average molecular weight is 528 g/mol. The van der Waals surface area contributed by atoms with E-state index in [-0.39, 0.29) is 63.6 Å². The number of pyridine rings is 1.